The zero-order valence-electron chi connectivity index (χ0n) is 15.3. The molecule has 0 unspecified atom stereocenters. The third-order valence-electron chi connectivity index (χ3n) is 4.61. The van der Waals surface area contributed by atoms with Crippen molar-refractivity contribution < 1.29 is 9.53 Å². The second kappa shape index (κ2) is 8.52. The van der Waals surface area contributed by atoms with E-state index in [2.05, 4.69) is 30.4 Å². The van der Waals surface area contributed by atoms with Gasteiger partial charge < -0.3 is 10.1 Å². The highest BCUT2D eigenvalue weighted by molar-refractivity contribution is 5.84. The number of rotatable bonds is 7. The molecule has 0 spiro atoms. The topological polar surface area (TPSA) is 38.3 Å². The van der Waals surface area contributed by atoms with Crippen LogP contribution < -0.4 is 10.1 Å². The molecule has 0 bridgehead atoms. The van der Waals surface area contributed by atoms with E-state index < -0.39 is 6.10 Å². The average Bonchev–Trinajstić information content (AvgIpc) is 2.70. The summed E-state index contributed by atoms with van der Waals surface area (Å²) in [5.41, 5.74) is 1.22. The van der Waals surface area contributed by atoms with E-state index in [1.807, 2.05) is 61.5 Å². The Morgan fingerprint density at radius 2 is 1.65 bits per heavy atom. The molecule has 3 aromatic carbocycles. The summed E-state index contributed by atoms with van der Waals surface area (Å²) in [5, 5.41) is 5.30. The molecule has 1 N–H and O–H groups in total. The van der Waals surface area contributed by atoms with E-state index in [0.717, 1.165) is 16.5 Å². The van der Waals surface area contributed by atoms with Crippen LogP contribution in [0.3, 0.4) is 0 Å². The van der Waals surface area contributed by atoms with E-state index in [1.165, 1.54) is 5.56 Å². The normalized spacial score (nSPS) is 13.2. The van der Waals surface area contributed by atoms with Crippen LogP contribution in [0.1, 0.15) is 31.7 Å². The molecular formula is C23H25NO2. The Labute approximate surface area is 155 Å². The second-order valence-electron chi connectivity index (χ2n) is 6.58. The third kappa shape index (κ3) is 4.42. The van der Waals surface area contributed by atoms with Gasteiger partial charge in [-0.1, -0.05) is 74.5 Å². The minimum Gasteiger partial charge on any atom is -0.481 e. The fourth-order valence-corrected chi connectivity index (χ4v) is 2.99. The second-order valence-corrected chi connectivity index (χ2v) is 6.58. The average molecular weight is 347 g/mol. The van der Waals surface area contributed by atoms with Crippen molar-refractivity contribution in [3.63, 3.8) is 0 Å². The molecule has 0 aliphatic heterocycles. The third-order valence-corrected chi connectivity index (χ3v) is 4.61. The van der Waals surface area contributed by atoms with Crippen molar-refractivity contribution in [1.82, 2.24) is 5.32 Å². The maximum absolute atomic E-state index is 12.5. The Hall–Kier alpha value is -2.81. The van der Waals surface area contributed by atoms with Crippen molar-refractivity contribution in [1.29, 1.82) is 0 Å². The smallest absolute Gasteiger partial charge is 0.261 e. The van der Waals surface area contributed by atoms with Crippen LogP contribution >= 0.6 is 0 Å². The number of nitrogens with one attached hydrogen (secondary N) is 1. The molecule has 134 valence electrons. The maximum atomic E-state index is 12.5. The summed E-state index contributed by atoms with van der Waals surface area (Å²) in [4.78, 5) is 12.5. The quantitative estimate of drug-likeness (QED) is 0.659. The van der Waals surface area contributed by atoms with E-state index in [0.29, 0.717) is 13.0 Å². The lowest BCUT2D eigenvalue weighted by atomic mass is 10.0. The number of benzene rings is 3. The molecule has 0 aliphatic carbocycles. The molecule has 0 aromatic heterocycles. The minimum absolute atomic E-state index is 0.0663. The summed E-state index contributed by atoms with van der Waals surface area (Å²) in [5.74, 6) is 0.920. The van der Waals surface area contributed by atoms with Gasteiger partial charge >= 0.3 is 0 Å². The predicted octanol–water partition coefficient (Wildman–Crippen LogP) is 4.92. The van der Waals surface area contributed by atoms with Crippen LogP contribution in [0.2, 0.25) is 0 Å². The number of carbonyl (C=O) groups is 1. The highest BCUT2D eigenvalue weighted by Gasteiger charge is 2.19. The molecule has 3 aromatic rings. The zero-order chi connectivity index (χ0) is 18.4. The molecule has 0 radical (unpaired) electrons. The van der Waals surface area contributed by atoms with Gasteiger partial charge in [-0.25, -0.2) is 0 Å². The Morgan fingerprint density at radius 3 is 2.38 bits per heavy atom. The van der Waals surface area contributed by atoms with Gasteiger partial charge in [0, 0.05) is 6.54 Å². The van der Waals surface area contributed by atoms with Gasteiger partial charge in [-0.3, -0.25) is 4.79 Å². The SMILES string of the molecule is CC[C@@H](Oc1ccc2ccccc2c1)C(=O)NC[C@@H](C)c1ccccc1. The molecule has 1 amide bonds. The van der Waals surface area contributed by atoms with Crippen LogP contribution in [0.15, 0.2) is 72.8 Å². The Morgan fingerprint density at radius 1 is 0.962 bits per heavy atom. The number of ether oxygens (including phenoxy) is 1. The molecule has 0 heterocycles. The first-order valence-corrected chi connectivity index (χ1v) is 9.15. The number of amides is 1. The van der Waals surface area contributed by atoms with E-state index in [1.54, 1.807) is 0 Å². The van der Waals surface area contributed by atoms with E-state index in [9.17, 15) is 4.79 Å². The van der Waals surface area contributed by atoms with Gasteiger partial charge in [0.15, 0.2) is 6.10 Å². The van der Waals surface area contributed by atoms with Crippen LogP contribution in [0, 0.1) is 0 Å². The fourth-order valence-electron chi connectivity index (χ4n) is 2.99. The summed E-state index contributed by atoms with van der Waals surface area (Å²) < 4.78 is 5.96. The molecule has 0 fully saturated rings. The number of hydrogen-bond acceptors (Lipinski definition) is 2. The molecule has 0 saturated carbocycles. The summed E-state index contributed by atoms with van der Waals surface area (Å²) >= 11 is 0. The van der Waals surface area contributed by atoms with Gasteiger partial charge in [0.1, 0.15) is 5.75 Å². The van der Waals surface area contributed by atoms with Crippen molar-refractivity contribution in [2.75, 3.05) is 6.54 Å². The molecule has 0 saturated heterocycles. The fraction of sp³-hybridized carbons (Fsp3) is 0.261. The largest absolute Gasteiger partial charge is 0.481 e. The standard InChI is InChI=1S/C23H25NO2/c1-3-22(23(25)24-16-17(2)18-9-5-4-6-10-18)26-21-14-13-19-11-7-8-12-20(19)15-21/h4-15,17,22H,3,16H2,1-2H3,(H,24,25)/t17-,22-/m1/s1. The molecule has 3 nitrogen and oxygen atoms in total. The lowest BCUT2D eigenvalue weighted by molar-refractivity contribution is -0.128. The lowest BCUT2D eigenvalue weighted by Crippen LogP contribution is -2.39. The van der Waals surface area contributed by atoms with Crippen molar-refractivity contribution in [2.45, 2.75) is 32.3 Å². The first-order valence-electron chi connectivity index (χ1n) is 9.15. The summed E-state index contributed by atoms with van der Waals surface area (Å²) in [6.07, 6.45) is 0.136. The first kappa shape index (κ1) is 18.0. The zero-order valence-corrected chi connectivity index (χ0v) is 15.3. The van der Waals surface area contributed by atoms with Gasteiger partial charge in [0.25, 0.3) is 5.91 Å². The van der Waals surface area contributed by atoms with Crippen molar-refractivity contribution in [2.24, 2.45) is 0 Å². The Balaban J connectivity index is 1.61. The predicted molar refractivity (Wildman–Crippen MR) is 107 cm³/mol. The Bertz CT molecular complexity index is 860. The van der Waals surface area contributed by atoms with Crippen LogP contribution in [-0.4, -0.2) is 18.6 Å². The monoisotopic (exact) mass is 347 g/mol. The van der Waals surface area contributed by atoms with Gasteiger partial charge in [-0.15, -0.1) is 0 Å². The van der Waals surface area contributed by atoms with Crippen molar-refractivity contribution in [3.05, 3.63) is 78.4 Å². The van der Waals surface area contributed by atoms with E-state index in [4.69, 9.17) is 4.74 Å². The van der Waals surface area contributed by atoms with Crippen molar-refractivity contribution in [3.8, 4) is 5.75 Å². The lowest BCUT2D eigenvalue weighted by Gasteiger charge is -2.19. The summed E-state index contributed by atoms with van der Waals surface area (Å²) in [6, 6.07) is 24.3. The maximum Gasteiger partial charge on any atom is 0.261 e. The summed E-state index contributed by atoms with van der Waals surface area (Å²) in [7, 11) is 0. The van der Waals surface area contributed by atoms with Crippen molar-refractivity contribution >= 4 is 16.7 Å². The minimum atomic E-state index is -0.487. The molecule has 3 rings (SSSR count). The van der Waals surface area contributed by atoms with Crippen LogP contribution in [0.5, 0.6) is 5.75 Å². The molecule has 2 atom stereocenters. The van der Waals surface area contributed by atoms with Crippen LogP contribution in [0.4, 0.5) is 0 Å². The molecule has 26 heavy (non-hydrogen) atoms. The Kier molecular flexibility index (Phi) is 5.90. The number of hydrogen-bond donors (Lipinski definition) is 1. The molecule has 3 heteroatoms. The summed E-state index contributed by atoms with van der Waals surface area (Å²) in [6.45, 7) is 4.67. The van der Waals surface area contributed by atoms with Gasteiger partial charge in [0.2, 0.25) is 0 Å². The van der Waals surface area contributed by atoms with Crippen LogP contribution in [0.25, 0.3) is 10.8 Å². The van der Waals surface area contributed by atoms with Crippen LogP contribution in [-0.2, 0) is 4.79 Å². The molecule has 0 aliphatic rings. The highest BCUT2D eigenvalue weighted by atomic mass is 16.5. The highest BCUT2D eigenvalue weighted by Crippen LogP contribution is 2.22. The van der Waals surface area contributed by atoms with Gasteiger partial charge in [-0.05, 0) is 40.8 Å². The molecular weight excluding hydrogens is 322 g/mol. The van der Waals surface area contributed by atoms with E-state index in [-0.39, 0.29) is 11.8 Å². The van der Waals surface area contributed by atoms with Gasteiger partial charge in [0.05, 0.1) is 0 Å². The number of fused-ring (bicyclic) bond motifs is 1. The number of carbonyl (C=O) groups excluding carboxylic acids is 1. The van der Waals surface area contributed by atoms with Gasteiger partial charge in [-0.2, -0.15) is 0 Å². The first-order chi connectivity index (χ1) is 12.7. The van der Waals surface area contributed by atoms with E-state index >= 15 is 0 Å².